The Balaban J connectivity index is 1.89. The van der Waals surface area contributed by atoms with E-state index in [-0.39, 0.29) is 12.2 Å². The van der Waals surface area contributed by atoms with Crippen molar-refractivity contribution in [2.24, 2.45) is 0 Å². The molecular formula is C14H22O6. The number of fused-ring (bicyclic) bond motifs is 3. The highest BCUT2D eigenvalue weighted by Gasteiger charge is 2.61. The summed E-state index contributed by atoms with van der Waals surface area (Å²) in [6, 6.07) is 0. The molecule has 6 heteroatoms. The molecule has 0 aliphatic carbocycles. The number of aliphatic hydroxyl groups excluding tert-OH is 1. The zero-order chi connectivity index (χ0) is 14.7. The predicted octanol–water partition coefficient (Wildman–Crippen LogP) is 0.930. The molecule has 0 radical (unpaired) electrons. The fourth-order valence-corrected chi connectivity index (χ4v) is 3.05. The topological polar surface area (TPSA) is 66.4 Å². The molecule has 0 aromatic heterocycles. The smallest absolute Gasteiger partial charge is 0.190 e. The summed E-state index contributed by atoms with van der Waals surface area (Å²) in [5.41, 5.74) is 0. The highest BCUT2D eigenvalue weighted by molar-refractivity contribution is 5.04. The van der Waals surface area contributed by atoms with Crippen LogP contribution in [0.1, 0.15) is 27.7 Å². The van der Waals surface area contributed by atoms with E-state index in [4.69, 9.17) is 23.7 Å². The Bertz CT molecular complexity index is 406. The van der Waals surface area contributed by atoms with Gasteiger partial charge in [0.2, 0.25) is 0 Å². The molecule has 0 saturated carbocycles. The van der Waals surface area contributed by atoms with Crippen molar-refractivity contribution in [1.29, 1.82) is 0 Å². The van der Waals surface area contributed by atoms with Crippen LogP contribution in [0.15, 0.2) is 12.7 Å². The van der Waals surface area contributed by atoms with Gasteiger partial charge in [0.1, 0.15) is 30.5 Å². The van der Waals surface area contributed by atoms with E-state index in [9.17, 15) is 5.11 Å². The third-order valence-corrected chi connectivity index (χ3v) is 3.77. The minimum atomic E-state index is -0.853. The Morgan fingerprint density at radius 2 is 1.50 bits per heavy atom. The van der Waals surface area contributed by atoms with Crippen LogP contribution in [0.4, 0.5) is 0 Å². The van der Waals surface area contributed by atoms with Gasteiger partial charge in [-0.1, -0.05) is 6.08 Å². The van der Waals surface area contributed by atoms with Gasteiger partial charge in [-0.25, -0.2) is 0 Å². The molecule has 3 fully saturated rings. The lowest BCUT2D eigenvalue weighted by atomic mass is 9.95. The maximum absolute atomic E-state index is 10.1. The van der Waals surface area contributed by atoms with Gasteiger partial charge < -0.3 is 28.8 Å². The molecule has 3 aliphatic rings. The third-order valence-electron chi connectivity index (χ3n) is 3.77. The summed E-state index contributed by atoms with van der Waals surface area (Å²) >= 11 is 0. The maximum atomic E-state index is 10.1. The second kappa shape index (κ2) is 4.50. The Kier molecular flexibility index (Phi) is 3.25. The Hall–Kier alpha value is -0.500. The van der Waals surface area contributed by atoms with Crippen molar-refractivity contribution >= 4 is 0 Å². The number of hydrogen-bond acceptors (Lipinski definition) is 6. The van der Waals surface area contributed by atoms with Crippen LogP contribution < -0.4 is 0 Å². The minimum absolute atomic E-state index is 0.342. The molecule has 0 aromatic rings. The largest absolute Gasteiger partial charge is 0.386 e. The average Bonchev–Trinajstić information content (AvgIpc) is 2.81. The van der Waals surface area contributed by atoms with Crippen LogP contribution in [0.5, 0.6) is 0 Å². The summed E-state index contributed by atoms with van der Waals surface area (Å²) in [6.07, 6.45) is -1.72. The van der Waals surface area contributed by atoms with Crippen molar-refractivity contribution in [2.75, 3.05) is 0 Å². The molecule has 6 nitrogen and oxygen atoms in total. The Morgan fingerprint density at radius 3 is 2.15 bits per heavy atom. The molecule has 3 saturated heterocycles. The first-order valence-electron chi connectivity index (χ1n) is 6.90. The van der Waals surface area contributed by atoms with E-state index in [0.717, 1.165) is 0 Å². The molecule has 20 heavy (non-hydrogen) atoms. The van der Waals surface area contributed by atoms with Crippen LogP contribution in [-0.2, 0) is 23.7 Å². The standard InChI is InChI=1S/C14H22O6/c1-6-7(15)8-9-10(18-13(2,3)17-9)11-12(16-8)20-14(4,5)19-11/h6-12,15H,1H2,2-5H3. The van der Waals surface area contributed by atoms with Gasteiger partial charge in [0.15, 0.2) is 17.9 Å². The van der Waals surface area contributed by atoms with Gasteiger partial charge in [-0.05, 0) is 27.7 Å². The molecule has 1 N–H and O–H groups in total. The summed E-state index contributed by atoms with van der Waals surface area (Å²) in [5.74, 6) is -1.49. The molecule has 3 aliphatic heterocycles. The van der Waals surface area contributed by atoms with Crippen LogP contribution in [0.3, 0.4) is 0 Å². The van der Waals surface area contributed by atoms with Crippen molar-refractivity contribution < 1.29 is 28.8 Å². The molecule has 3 heterocycles. The third kappa shape index (κ3) is 2.30. The van der Waals surface area contributed by atoms with E-state index in [1.54, 1.807) is 0 Å². The highest BCUT2D eigenvalue weighted by atomic mass is 16.9. The van der Waals surface area contributed by atoms with E-state index < -0.39 is 36.2 Å². The molecule has 3 rings (SSSR count). The van der Waals surface area contributed by atoms with Gasteiger partial charge in [-0.3, -0.25) is 0 Å². The maximum Gasteiger partial charge on any atom is 0.190 e. The lowest BCUT2D eigenvalue weighted by Gasteiger charge is -2.38. The fourth-order valence-electron chi connectivity index (χ4n) is 3.05. The Labute approximate surface area is 118 Å². The SMILES string of the molecule is C=CC(O)C1OC2OC(C)(C)OC2C2OC(C)(C)OC12. The van der Waals surface area contributed by atoms with Crippen LogP contribution in [0, 0.1) is 0 Å². The molecule has 114 valence electrons. The van der Waals surface area contributed by atoms with Gasteiger partial charge in [-0.2, -0.15) is 0 Å². The molecule has 0 bridgehead atoms. The van der Waals surface area contributed by atoms with Crippen LogP contribution in [0.25, 0.3) is 0 Å². The number of ether oxygens (including phenoxy) is 5. The fraction of sp³-hybridized carbons (Fsp3) is 0.857. The van der Waals surface area contributed by atoms with E-state index in [2.05, 4.69) is 6.58 Å². The van der Waals surface area contributed by atoms with Gasteiger partial charge >= 0.3 is 0 Å². The molecule has 0 spiro atoms. The lowest BCUT2D eigenvalue weighted by molar-refractivity contribution is -0.247. The van der Waals surface area contributed by atoms with Crippen molar-refractivity contribution in [3.05, 3.63) is 12.7 Å². The summed E-state index contributed by atoms with van der Waals surface area (Å²) in [4.78, 5) is 0. The van der Waals surface area contributed by atoms with Gasteiger partial charge in [0.25, 0.3) is 0 Å². The first-order chi connectivity index (χ1) is 9.22. The summed E-state index contributed by atoms with van der Waals surface area (Å²) in [5, 5.41) is 10.1. The monoisotopic (exact) mass is 286 g/mol. The number of hydrogen-bond donors (Lipinski definition) is 1. The van der Waals surface area contributed by atoms with E-state index in [0.29, 0.717) is 0 Å². The molecule has 0 aromatic carbocycles. The second-order valence-electron chi connectivity index (χ2n) is 6.36. The van der Waals surface area contributed by atoms with E-state index in [1.807, 2.05) is 27.7 Å². The zero-order valence-corrected chi connectivity index (χ0v) is 12.2. The van der Waals surface area contributed by atoms with Gasteiger partial charge in [-0.15, -0.1) is 6.58 Å². The van der Waals surface area contributed by atoms with Crippen LogP contribution in [-0.4, -0.2) is 53.5 Å². The lowest BCUT2D eigenvalue weighted by Crippen LogP contribution is -2.58. The number of rotatable bonds is 2. The highest BCUT2D eigenvalue weighted by Crippen LogP contribution is 2.44. The minimum Gasteiger partial charge on any atom is -0.386 e. The van der Waals surface area contributed by atoms with E-state index in [1.165, 1.54) is 6.08 Å². The number of aliphatic hydroxyl groups is 1. The van der Waals surface area contributed by atoms with Crippen molar-refractivity contribution in [2.45, 2.75) is 76.1 Å². The van der Waals surface area contributed by atoms with E-state index >= 15 is 0 Å². The van der Waals surface area contributed by atoms with Crippen molar-refractivity contribution in [3.8, 4) is 0 Å². The van der Waals surface area contributed by atoms with Crippen LogP contribution >= 0.6 is 0 Å². The summed E-state index contributed by atoms with van der Waals surface area (Å²) in [7, 11) is 0. The molecule has 6 unspecified atom stereocenters. The molecular weight excluding hydrogens is 264 g/mol. The average molecular weight is 286 g/mol. The quantitative estimate of drug-likeness (QED) is 0.762. The summed E-state index contributed by atoms with van der Waals surface area (Å²) < 4.78 is 29.2. The normalized spacial score (nSPS) is 46.5. The first-order valence-corrected chi connectivity index (χ1v) is 6.90. The second-order valence-corrected chi connectivity index (χ2v) is 6.36. The zero-order valence-electron chi connectivity index (χ0n) is 12.2. The predicted molar refractivity (Wildman–Crippen MR) is 68.7 cm³/mol. The molecule has 0 amide bonds. The van der Waals surface area contributed by atoms with Crippen LogP contribution in [0.2, 0.25) is 0 Å². The first kappa shape index (κ1) is 14.4. The summed E-state index contributed by atoms with van der Waals surface area (Å²) in [6.45, 7) is 10.9. The van der Waals surface area contributed by atoms with Gasteiger partial charge in [0.05, 0.1) is 0 Å². The van der Waals surface area contributed by atoms with Crippen molar-refractivity contribution in [1.82, 2.24) is 0 Å². The van der Waals surface area contributed by atoms with Gasteiger partial charge in [0, 0.05) is 0 Å². The Morgan fingerprint density at radius 1 is 0.950 bits per heavy atom. The molecule has 6 atom stereocenters. The van der Waals surface area contributed by atoms with Crippen molar-refractivity contribution in [3.63, 3.8) is 0 Å².